The Labute approximate surface area is 123 Å². The third kappa shape index (κ3) is 9.69. The molecule has 0 fully saturated rings. The van der Waals surface area contributed by atoms with E-state index in [1.165, 1.54) is 0 Å². The molecule has 0 spiro atoms. The average molecular weight is 313 g/mol. The molecule has 0 aromatic heterocycles. The van der Waals surface area contributed by atoms with Gasteiger partial charge in [0.15, 0.2) is 0 Å². The van der Waals surface area contributed by atoms with Gasteiger partial charge in [-0.05, 0) is 25.2 Å². The van der Waals surface area contributed by atoms with E-state index in [0.717, 1.165) is 32.1 Å². The van der Waals surface area contributed by atoms with E-state index in [0.29, 0.717) is 19.1 Å². The van der Waals surface area contributed by atoms with E-state index in [2.05, 4.69) is 27.7 Å². The zero-order valence-corrected chi connectivity index (χ0v) is 14.3. The first-order chi connectivity index (χ1) is 8.74. The number of ether oxygens (including phenoxy) is 1. The van der Waals surface area contributed by atoms with E-state index < -0.39 is 9.05 Å². The predicted octanol–water partition coefficient (Wildman–Crippen LogP) is 4.20. The lowest BCUT2D eigenvalue weighted by molar-refractivity contribution is 0.0389. The molecule has 0 amide bonds. The van der Waals surface area contributed by atoms with E-state index in [-0.39, 0.29) is 11.2 Å². The average Bonchev–Trinajstić information content (AvgIpc) is 2.22. The number of hydrogen-bond donors (Lipinski definition) is 0. The maximum atomic E-state index is 11.4. The van der Waals surface area contributed by atoms with Gasteiger partial charge in [-0.2, -0.15) is 0 Å². The van der Waals surface area contributed by atoms with Crippen molar-refractivity contribution in [1.82, 2.24) is 0 Å². The second-order valence-corrected chi connectivity index (χ2v) is 8.70. The van der Waals surface area contributed by atoms with Crippen LogP contribution in [-0.2, 0) is 13.8 Å². The molecule has 0 heterocycles. The lowest BCUT2D eigenvalue weighted by Gasteiger charge is -2.32. The van der Waals surface area contributed by atoms with Gasteiger partial charge in [0, 0.05) is 22.7 Å². The monoisotopic (exact) mass is 312 g/mol. The number of rotatable bonds is 11. The van der Waals surface area contributed by atoms with Gasteiger partial charge in [-0.1, -0.05) is 40.5 Å². The Morgan fingerprint density at radius 3 is 2.05 bits per heavy atom. The van der Waals surface area contributed by atoms with Crippen molar-refractivity contribution >= 4 is 19.7 Å². The third-order valence-corrected chi connectivity index (χ3v) is 4.57. The maximum absolute atomic E-state index is 11.4. The Balaban J connectivity index is 4.61. The van der Waals surface area contributed by atoms with Gasteiger partial charge in [0.1, 0.15) is 0 Å². The van der Waals surface area contributed by atoms with Crippen LogP contribution in [0, 0.1) is 11.3 Å². The highest BCUT2D eigenvalue weighted by atomic mass is 35.7. The van der Waals surface area contributed by atoms with Crippen molar-refractivity contribution < 1.29 is 13.2 Å². The molecule has 0 bridgehead atoms. The Kier molecular flexibility index (Phi) is 9.29. The van der Waals surface area contributed by atoms with E-state index >= 15 is 0 Å². The third-order valence-electron chi connectivity index (χ3n) is 3.29. The summed E-state index contributed by atoms with van der Waals surface area (Å²) in [6, 6.07) is 0. The zero-order chi connectivity index (χ0) is 14.9. The van der Waals surface area contributed by atoms with Crippen LogP contribution in [0.2, 0.25) is 0 Å². The minimum Gasteiger partial charge on any atom is -0.381 e. The van der Waals surface area contributed by atoms with Crippen LogP contribution in [0.5, 0.6) is 0 Å². The summed E-state index contributed by atoms with van der Waals surface area (Å²) in [6.45, 7) is 9.62. The first kappa shape index (κ1) is 19.2. The van der Waals surface area contributed by atoms with Gasteiger partial charge in [0.2, 0.25) is 9.05 Å². The van der Waals surface area contributed by atoms with Crippen LogP contribution in [0.1, 0.15) is 59.8 Å². The van der Waals surface area contributed by atoms with Gasteiger partial charge >= 0.3 is 0 Å². The molecule has 0 radical (unpaired) electrons. The van der Waals surface area contributed by atoms with Gasteiger partial charge in [-0.3, -0.25) is 0 Å². The second kappa shape index (κ2) is 9.19. The maximum Gasteiger partial charge on any atom is 0.233 e. The molecule has 116 valence electrons. The van der Waals surface area contributed by atoms with Gasteiger partial charge in [0.05, 0.1) is 12.4 Å². The molecule has 19 heavy (non-hydrogen) atoms. The highest BCUT2D eigenvalue weighted by molar-refractivity contribution is 8.13. The van der Waals surface area contributed by atoms with E-state index in [1.807, 2.05) is 0 Å². The lowest BCUT2D eigenvalue weighted by Crippen LogP contribution is -2.34. The van der Waals surface area contributed by atoms with Crippen LogP contribution in [0.3, 0.4) is 0 Å². The summed E-state index contributed by atoms with van der Waals surface area (Å²) in [4.78, 5) is 0. The van der Waals surface area contributed by atoms with Crippen LogP contribution >= 0.6 is 10.7 Å². The second-order valence-electron chi connectivity index (χ2n) is 5.92. The minimum atomic E-state index is -3.49. The van der Waals surface area contributed by atoms with Gasteiger partial charge in [0.25, 0.3) is 0 Å². The molecule has 0 aromatic carbocycles. The molecule has 0 saturated heterocycles. The fourth-order valence-electron chi connectivity index (χ4n) is 2.49. The van der Waals surface area contributed by atoms with Crippen molar-refractivity contribution in [2.24, 2.45) is 11.3 Å². The SMILES string of the molecule is CCCC(CCC)(COCCC(C)C)CS(=O)(=O)Cl. The molecule has 5 heteroatoms. The normalized spacial score (nSPS) is 13.2. The molecular weight excluding hydrogens is 284 g/mol. The Hall–Kier alpha value is 0.200. The van der Waals surface area contributed by atoms with Crippen LogP contribution < -0.4 is 0 Å². The van der Waals surface area contributed by atoms with Crippen LogP contribution in [0.25, 0.3) is 0 Å². The Morgan fingerprint density at radius 2 is 1.68 bits per heavy atom. The van der Waals surface area contributed by atoms with Crippen molar-refractivity contribution in [1.29, 1.82) is 0 Å². The van der Waals surface area contributed by atoms with Crippen molar-refractivity contribution in [2.45, 2.75) is 59.8 Å². The molecule has 0 saturated carbocycles. The van der Waals surface area contributed by atoms with Crippen LogP contribution in [0.15, 0.2) is 0 Å². The topological polar surface area (TPSA) is 43.4 Å². The fourth-order valence-corrected chi connectivity index (χ4v) is 4.29. The van der Waals surface area contributed by atoms with Crippen molar-refractivity contribution in [3.8, 4) is 0 Å². The molecule has 0 atom stereocenters. The van der Waals surface area contributed by atoms with Gasteiger partial charge in [-0.25, -0.2) is 8.42 Å². The van der Waals surface area contributed by atoms with Crippen LogP contribution in [-0.4, -0.2) is 27.4 Å². The Morgan fingerprint density at radius 1 is 1.16 bits per heavy atom. The van der Waals surface area contributed by atoms with E-state index in [1.54, 1.807) is 0 Å². The summed E-state index contributed by atoms with van der Waals surface area (Å²) in [5.41, 5.74) is -0.318. The molecule has 0 aliphatic carbocycles. The van der Waals surface area contributed by atoms with E-state index in [4.69, 9.17) is 15.4 Å². The molecule has 0 N–H and O–H groups in total. The molecule has 0 rings (SSSR count). The molecule has 0 unspecified atom stereocenters. The van der Waals surface area contributed by atoms with E-state index in [9.17, 15) is 8.42 Å². The first-order valence-electron chi connectivity index (χ1n) is 7.25. The summed E-state index contributed by atoms with van der Waals surface area (Å²) in [6.07, 6.45) is 4.57. The minimum absolute atomic E-state index is 0.0188. The molecule has 0 aromatic rings. The highest BCUT2D eigenvalue weighted by Crippen LogP contribution is 2.33. The highest BCUT2D eigenvalue weighted by Gasteiger charge is 2.33. The lowest BCUT2D eigenvalue weighted by atomic mass is 9.82. The van der Waals surface area contributed by atoms with Gasteiger partial charge < -0.3 is 4.74 Å². The van der Waals surface area contributed by atoms with Crippen molar-refractivity contribution in [3.05, 3.63) is 0 Å². The zero-order valence-electron chi connectivity index (χ0n) is 12.7. The van der Waals surface area contributed by atoms with Gasteiger partial charge in [-0.15, -0.1) is 0 Å². The standard InChI is InChI=1S/C14H29ClO3S/c1-5-8-14(9-6-2,12-19(15,16)17)11-18-10-7-13(3)4/h13H,5-12H2,1-4H3. The Bertz CT molecular complexity index is 320. The smallest absolute Gasteiger partial charge is 0.233 e. The van der Waals surface area contributed by atoms with Crippen LogP contribution in [0.4, 0.5) is 0 Å². The van der Waals surface area contributed by atoms with Crippen molar-refractivity contribution in [2.75, 3.05) is 19.0 Å². The molecule has 3 nitrogen and oxygen atoms in total. The summed E-state index contributed by atoms with van der Waals surface area (Å²) >= 11 is 0. The predicted molar refractivity (Wildman–Crippen MR) is 82.2 cm³/mol. The molecular formula is C14H29ClO3S. The molecule has 0 aliphatic heterocycles. The molecule has 0 aliphatic rings. The first-order valence-corrected chi connectivity index (χ1v) is 9.72. The summed E-state index contributed by atoms with van der Waals surface area (Å²) in [5, 5.41) is 0. The summed E-state index contributed by atoms with van der Waals surface area (Å²) in [7, 11) is 1.98. The summed E-state index contributed by atoms with van der Waals surface area (Å²) < 4.78 is 28.6. The number of hydrogen-bond acceptors (Lipinski definition) is 3. The quantitative estimate of drug-likeness (QED) is 0.424. The summed E-state index contributed by atoms with van der Waals surface area (Å²) in [5.74, 6) is 0.619. The van der Waals surface area contributed by atoms with Crippen molar-refractivity contribution in [3.63, 3.8) is 0 Å². The fraction of sp³-hybridized carbons (Fsp3) is 1.00. The largest absolute Gasteiger partial charge is 0.381 e. The number of halogens is 1.